The van der Waals surface area contributed by atoms with Gasteiger partial charge in [0.05, 0.1) is 9.92 Å². The van der Waals surface area contributed by atoms with E-state index >= 15 is 0 Å². The highest BCUT2D eigenvalue weighted by Gasteiger charge is 2.43. The van der Waals surface area contributed by atoms with Crippen LogP contribution in [0.3, 0.4) is 0 Å². The van der Waals surface area contributed by atoms with Gasteiger partial charge in [0, 0.05) is 18.0 Å². The van der Waals surface area contributed by atoms with Gasteiger partial charge in [-0.3, -0.25) is 4.98 Å². The summed E-state index contributed by atoms with van der Waals surface area (Å²) in [4.78, 5) is 8.37. The van der Waals surface area contributed by atoms with E-state index in [1.807, 2.05) is 0 Å². The molecule has 0 saturated heterocycles. The third-order valence-electron chi connectivity index (χ3n) is 4.99. The first-order chi connectivity index (χ1) is 13.9. The summed E-state index contributed by atoms with van der Waals surface area (Å²) in [5.74, 6) is -0.147. The number of nitrogens with one attached hydrogen (secondary N) is 1. The third kappa shape index (κ3) is 4.03. The zero-order chi connectivity index (χ0) is 20.5. The molecule has 10 heteroatoms. The number of rotatable bonds is 5. The Balaban J connectivity index is 1.71. The SMILES string of the molecule is O=S(=O)(NC1(c2nc(-c3cccnc3)no2)CCCCC1)c1ccc(F)c(Cl)c1. The molecule has 0 unspecified atom stereocenters. The molecule has 2 aromatic heterocycles. The van der Waals surface area contributed by atoms with Gasteiger partial charge in [0.1, 0.15) is 11.4 Å². The van der Waals surface area contributed by atoms with Crippen molar-refractivity contribution < 1.29 is 17.3 Å². The van der Waals surface area contributed by atoms with Crippen LogP contribution in [-0.4, -0.2) is 23.5 Å². The van der Waals surface area contributed by atoms with Crippen molar-refractivity contribution >= 4 is 21.6 Å². The van der Waals surface area contributed by atoms with Crippen LogP contribution >= 0.6 is 11.6 Å². The predicted octanol–water partition coefficient (Wildman–Crippen LogP) is 4.06. The molecule has 0 bridgehead atoms. The molecule has 1 N–H and O–H groups in total. The van der Waals surface area contributed by atoms with Gasteiger partial charge in [-0.2, -0.15) is 9.71 Å². The number of pyridine rings is 1. The van der Waals surface area contributed by atoms with Crippen molar-refractivity contribution in [2.24, 2.45) is 0 Å². The van der Waals surface area contributed by atoms with Gasteiger partial charge in [-0.1, -0.05) is 36.0 Å². The molecule has 0 spiro atoms. The lowest BCUT2D eigenvalue weighted by Crippen LogP contribution is -2.47. The molecule has 1 aromatic carbocycles. The summed E-state index contributed by atoms with van der Waals surface area (Å²) in [6.07, 6.45) is 6.84. The molecule has 1 aliphatic carbocycles. The first-order valence-electron chi connectivity index (χ1n) is 9.13. The summed E-state index contributed by atoms with van der Waals surface area (Å²) in [6, 6.07) is 6.83. The minimum Gasteiger partial charge on any atom is -0.337 e. The van der Waals surface area contributed by atoms with Crippen molar-refractivity contribution in [2.45, 2.75) is 42.5 Å². The fraction of sp³-hybridized carbons (Fsp3) is 0.316. The molecule has 1 saturated carbocycles. The maximum Gasteiger partial charge on any atom is 0.248 e. The minimum absolute atomic E-state index is 0.124. The van der Waals surface area contributed by atoms with E-state index in [0.717, 1.165) is 31.4 Å². The Morgan fingerprint density at radius 3 is 2.66 bits per heavy atom. The van der Waals surface area contributed by atoms with Gasteiger partial charge < -0.3 is 4.52 Å². The second kappa shape index (κ2) is 7.81. The molecule has 2 heterocycles. The van der Waals surface area contributed by atoms with Gasteiger partial charge >= 0.3 is 0 Å². The standard InChI is InChI=1S/C19H18ClFN4O3S/c20-15-11-14(6-7-16(15)21)29(26,27)25-19(8-2-1-3-9-19)18-23-17(24-28-18)13-5-4-10-22-12-13/h4-7,10-12,25H,1-3,8-9H2. The third-order valence-corrected chi connectivity index (χ3v) is 6.82. The van der Waals surface area contributed by atoms with Crippen molar-refractivity contribution in [3.8, 4) is 11.4 Å². The van der Waals surface area contributed by atoms with Crippen molar-refractivity contribution in [3.63, 3.8) is 0 Å². The predicted molar refractivity (Wildman–Crippen MR) is 104 cm³/mol. The molecule has 29 heavy (non-hydrogen) atoms. The van der Waals surface area contributed by atoms with E-state index in [9.17, 15) is 12.8 Å². The number of hydrogen-bond donors (Lipinski definition) is 1. The maximum absolute atomic E-state index is 13.5. The summed E-state index contributed by atoms with van der Waals surface area (Å²) in [6.45, 7) is 0. The highest BCUT2D eigenvalue weighted by atomic mass is 35.5. The average Bonchev–Trinajstić information content (AvgIpc) is 3.22. The second-order valence-corrected chi connectivity index (χ2v) is 9.08. The first kappa shape index (κ1) is 19.9. The van der Waals surface area contributed by atoms with E-state index < -0.39 is 21.4 Å². The molecule has 1 aliphatic rings. The monoisotopic (exact) mass is 436 g/mol. The van der Waals surface area contributed by atoms with Crippen LogP contribution in [0.25, 0.3) is 11.4 Å². The van der Waals surface area contributed by atoms with E-state index in [4.69, 9.17) is 16.1 Å². The van der Waals surface area contributed by atoms with Crippen LogP contribution in [0.15, 0.2) is 52.1 Å². The molecule has 0 aliphatic heterocycles. The number of nitrogens with zero attached hydrogens (tertiary/aromatic N) is 3. The number of benzene rings is 1. The molecule has 1 fully saturated rings. The van der Waals surface area contributed by atoms with Gasteiger partial charge in [-0.15, -0.1) is 0 Å². The van der Waals surface area contributed by atoms with Gasteiger partial charge in [0.2, 0.25) is 21.7 Å². The van der Waals surface area contributed by atoms with Gasteiger partial charge in [0.25, 0.3) is 0 Å². The van der Waals surface area contributed by atoms with E-state index in [1.165, 1.54) is 6.07 Å². The Hall–Kier alpha value is -2.36. The van der Waals surface area contributed by atoms with Crippen LogP contribution in [0.5, 0.6) is 0 Å². The van der Waals surface area contributed by atoms with Crippen molar-refractivity contribution in [3.05, 3.63) is 59.5 Å². The molecule has 0 atom stereocenters. The molecule has 3 aromatic rings. The lowest BCUT2D eigenvalue weighted by Gasteiger charge is -2.34. The fourth-order valence-electron chi connectivity index (χ4n) is 3.51. The normalized spacial score (nSPS) is 16.6. The summed E-state index contributed by atoms with van der Waals surface area (Å²) < 4.78 is 47.7. The van der Waals surface area contributed by atoms with Gasteiger partial charge in [-0.05, 0) is 43.2 Å². The number of hydrogen-bond acceptors (Lipinski definition) is 6. The van der Waals surface area contributed by atoms with Crippen molar-refractivity contribution in [1.82, 2.24) is 19.8 Å². The van der Waals surface area contributed by atoms with Crippen LogP contribution < -0.4 is 4.72 Å². The Kier molecular flexibility index (Phi) is 5.37. The highest BCUT2D eigenvalue weighted by molar-refractivity contribution is 7.89. The van der Waals surface area contributed by atoms with Gasteiger partial charge in [-0.25, -0.2) is 12.8 Å². The molecular formula is C19H18ClFN4O3S. The molecule has 4 rings (SSSR count). The van der Waals surface area contributed by atoms with E-state index in [2.05, 4.69) is 19.8 Å². The fourth-order valence-corrected chi connectivity index (χ4v) is 5.19. The molecule has 0 amide bonds. The Bertz CT molecular complexity index is 1120. The Morgan fingerprint density at radius 1 is 1.17 bits per heavy atom. The van der Waals surface area contributed by atoms with Crippen molar-refractivity contribution in [1.29, 1.82) is 0 Å². The van der Waals surface area contributed by atoms with Crippen LogP contribution in [-0.2, 0) is 15.6 Å². The average molecular weight is 437 g/mol. The molecular weight excluding hydrogens is 419 g/mol. The summed E-state index contributed by atoms with van der Waals surface area (Å²) in [5, 5.41) is 3.74. The minimum atomic E-state index is -4.00. The Morgan fingerprint density at radius 2 is 1.97 bits per heavy atom. The van der Waals surface area contributed by atoms with E-state index in [0.29, 0.717) is 24.2 Å². The summed E-state index contributed by atoms with van der Waals surface area (Å²) in [5.41, 5.74) is -0.368. The second-order valence-electron chi connectivity index (χ2n) is 6.99. The quantitative estimate of drug-likeness (QED) is 0.647. The summed E-state index contributed by atoms with van der Waals surface area (Å²) in [7, 11) is -4.00. The Labute approximate surface area is 172 Å². The van der Waals surface area contributed by atoms with E-state index in [1.54, 1.807) is 24.5 Å². The number of sulfonamides is 1. The van der Waals surface area contributed by atoms with Crippen LogP contribution in [0.4, 0.5) is 4.39 Å². The van der Waals surface area contributed by atoms with Crippen LogP contribution in [0, 0.1) is 5.82 Å². The first-order valence-corrected chi connectivity index (χ1v) is 11.0. The lowest BCUT2D eigenvalue weighted by atomic mass is 9.82. The van der Waals surface area contributed by atoms with Crippen LogP contribution in [0.1, 0.15) is 38.0 Å². The molecule has 152 valence electrons. The van der Waals surface area contributed by atoms with Crippen LogP contribution in [0.2, 0.25) is 5.02 Å². The molecule has 7 nitrogen and oxygen atoms in total. The largest absolute Gasteiger partial charge is 0.337 e. The summed E-state index contributed by atoms with van der Waals surface area (Å²) >= 11 is 5.77. The maximum atomic E-state index is 13.5. The lowest BCUT2D eigenvalue weighted by molar-refractivity contribution is 0.199. The highest BCUT2D eigenvalue weighted by Crippen LogP contribution is 2.38. The number of aromatic nitrogens is 3. The zero-order valence-corrected chi connectivity index (χ0v) is 16.9. The molecule has 0 radical (unpaired) electrons. The van der Waals surface area contributed by atoms with Crippen molar-refractivity contribution in [2.75, 3.05) is 0 Å². The zero-order valence-electron chi connectivity index (χ0n) is 15.3. The smallest absolute Gasteiger partial charge is 0.248 e. The topological polar surface area (TPSA) is 98.0 Å². The van der Waals surface area contributed by atoms with Gasteiger partial charge in [0.15, 0.2) is 0 Å². The van der Waals surface area contributed by atoms with E-state index in [-0.39, 0.29) is 15.8 Å². The number of halogens is 2.